The first-order valence-electron chi connectivity index (χ1n) is 9.01. The monoisotopic (exact) mass is 459 g/mol. The Morgan fingerprint density at radius 3 is 2.52 bits per heavy atom. The molecule has 160 valence electrons. The highest BCUT2D eigenvalue weighted by molar-refractivity contribution is 8.41. The summed E-state index contributed by atoms with van der Waals surface area (Å²) in [5.41, 5.74) is 6.37. The SMILES string of the molecule is NC1=NC(c2ccc(CNC(=O)COc3ccccc3)s2)=CS12OC(=O)C=CC(=O)O2. The smallest absolute Gasteiger partial charge is 0.354 e. The van der Waals surface area contributed by atoms with E-state index in [1.165, 1.54) is 16.7 Å². The maximum absolute atomic E-state index is 12.0. The number of hydrogen-bond donors (Lipinski definition) is 2. The first-order chi connectivity index (χ1) is 14.9. The fraction of sp³-hybridized carbons (Fsp3) is 0.100. The van der Waals surface area contributed by atoms with Crippen LogP contribution in [0.1, 0.15) is 9.75 Å². The number of nitrogens with one attached hydrogen (secondary N) is 1. The Kier molecular flexibility index (Phi) is 5.78. The summed E-state index contributed by atoms with van der Waals surface area (Å²) in [7, 11) is -2.90. The number of nitrogens with zero attached hydrogens (tertiary/aromatic N) is 1. The highest BCUT2D eigenvalue weighted by atomic mass is 32.3. The number of nitrogens with two attached hydrogens (primary N) is 1. The highest BCUT2D eigenvalue weighted by Gasteiger charge is 2.38. The van der Waals surface area contributed by atoms with Gasteiger partial charge in [-0.05, 0) is 34.9 Å². The van der Waals surface area contributed by atoms with E-state index < -0.39 is 22.5 Å². The van der Waals surface area contributed by atoms with Gasteiger partial charge in [-0.15, -0.1) is 11.3 Å². The fourth-order valence-electron chi connectivity index (χ4n) is 2.63. The van der Waals surface area contributed by atoms with E-state index in [-0.39, 0.29) is 17.7 Å². The third-order valence-corrected chi connectivity index (χ3v) is 7.18. The van der Waals surface area contributed by atoms with Crippen LogP contribution >= 0.6 is 21.9 Å². The van der Waals surface area contributed by atoms with Crippen LogP contribution in [0.5, 0.6) is 5.75 Å². The van der Waals surface area contributed by atoms with Crippen LogP contribution in [-0.2, 0) is 29.3 Å². The van der Waals surface area contributed by atoms with Gasteiger partial charge in [-0.25, -0.2) is 14.6 Å². The number of carbonyl (C=O) groups excluding carboxylic acids is 3. The molecule has 1 aromatic carbocycles. The zero-order valence-electron chi connectivity index (χ0n) is 16.0. The molecule has 1 amide bonds. The van der Waals surface area contributed by atoms with Gasteiger partial charge in [0, 0.05) is 17.0 Å². The average Bonchev–Trinajstić information content (AvgIpc) is 3.31. The molecule has 2 aromatic rings. The number of para-hydroxylation sites is 1. The Hall–Kier alpha value is -3.57. The van der Waals surface area contributed by atoms with E-state index in [1.54, 1.807) is 18.2 Å². The number of hydrogen-bond acceptors (Lipinski definition) is 9. The molecule has 2 aliphatic rings. The van der Waals surface area contributed by atoms with E-state index in [0.717, 1.165) is 21.9 Å². The minimum atomic E-state index is -2.90. The Morgan fingerprint density at radius 1 is 1.10 bits per heavy atom. The van der Waals surface area contributed by atoms with Crippen molar-refractivity contribution in [2.45, 2.75) is 6.54 Å². The van der Waals surface area contributed by atoms with Gasteiger partial charge in [0.1, 0.15) is 11.4 Å². The molecule has 0 radical (unpaired) electrons. The van der Waals surface area contributed by atoms with E-state index in [2.05, 4.69) is 10.3 Å². The van der Waals surface area contributed by atoms with Crippen molar-refractivity contribution in [2.24, 2.45) is 10.7 Å². The predicted octanol–water partition coefficient (Wildman–Crippen LogP) is 2.36. The van der Waals surface area contributed by atoms with Crippen LogP contribution in [0.3, 0.4) is 0 Å². The largest absolute Gasteiger partial charge is 0.484 e. The maximum atomic E-state index is 12.0. The number of aliphatic imine (C=N–C) groups is 1. The first-order valence-corrected chi connectivity index (χ1v) is 11.4. The first kappa shape index (κ1) is 20.7. The highest BCUT2D eigenvalue weighted by Crippen LogP contribution is 2.58. The number of thiophene rings is 1. The average molecular weight is 460 g/mol. The summed E-state index contributed by atoms with van der Waals surface area (Å²) in [6.45, 7) is 0.213. The zero-order chi connectivity index (χ0) is 21.8. The van der Waals surface area contributed by atoms with Crippen LogP contribution in [-0.4, -0.2) is 29.6 Å². The van der Waals surface area contributed by atoms with Crippen LogP contribution in [0.2, 0.25) is 0 Å². The van der Waals surface area contributed by atoms with Crippen molar-refractivity contribution >= 4 is 50.6 Å². The number of ether oxygens (including phenoxy) is 1. The van der Waals surface area contributed by atoms with Gasteiger partial charge in [-0.1, -0.05) is 18.2 Å². The van der Waals surface area contributed by atoms with Gasteiger partial charge in [-0.3, -0.25) is 4.79 Å². The van der Waals surface area contributed by atoms with Crippen molar-refractivity contribution in [2.75, 3.05) is 6.61 Å². The Labute approximate surface area is 182 Å². The van der Waals surface area contributed by atoms with E-state index in [4.69, 9.17) is 18.8 Å². The molecule has 2 aliphatic heterocycles. The molecule has 0 saturated carbocycles. The summed E-state index contributed by atoms with van der Waals surface area (Å²) >= 11 is 1.37. The standard InChI is InChI=1S/C20H17N3O6S2/c21-20-23-15(12-31(20)28-18(25)8-9-19(26)29-31)16-7-6-14(30-16)10-22-17(24)11-27-13-4-2-1-3-5-13/h1-9,12H,10-11H2,(H2,21,23)(H,22,24). The van der Waals surface area contributed by atoms with E-state index in [0.29, 0.717) is 18.0 Å². The summed E-state index contributed by atoms with van der Waals surface area (Å²) in [4.78, 5) is 41.4. The summed E-state index contributed by atoms with van der Waals surface area (Å²) in [5, 5.41) is 4.17. The molecule has 1 spiro atoms. The molecule has 0 saturated heterocycles. The predicted molar refractivity (Wildman–Crippen MR) is 117 cm³/mol. The molecule has 0 atom stereocenters. The molecular weight excluding hydrogens is 442 g/mol. The minimum Gasteiger partial charge on any atom is -0.484 e. The summed E-state index contributed by atoms with van der Waals surface area (Å²) in [6.07, 6.45) is 1.97. The zero-order valence-corrected chi connectivity index (χ0v) is 17.6. The lowest BCUT2D eigenvalue weighted by molar-refractivity contribution is -0.129. The lowest BCUT2D eigenvalue weighted by atomic mass is 10.3. The van der Waals surface area contributed by atoms with E-state index in [1.807, 2.05) is 24.3 Å². The van der Waals surface area contributed by atoms with Crippen molar-refractivity contribution < 1.29 is 27.5 Å². The van der Waals surface area contributed by atoms with Crippen molar-refractivity contribution in [3.63, 3.8) is 0 Å². The summed E-state index contributed by atoms with van der Waals surface area (Å²) in [6, 6.07) is 12.7. The number of amidine groups is 1. The topological polar surface area (TPSA) is 129 Å². The molecule has 0 fully saturated rings. The Bertz CT molecular complexity index is 1100. The second-order valence-corrected chi connectivity index (χ2v) is 9.53. The van der Waals surface area contributed by atoms with Crippen LogP contribution in [0.4, 0.5) is 0 Å². The molecule has 11 heteroatoms. The van der Waals surface area contributed by atoms with Gasteiger partial charge in [0.05, 0.1) is 16.8 Å². The van der Waals surface area contributed by atoms with Crippen LogP contribution in [0, 0.1) is 0 Å². The summed E-state index contributed by atoms with van der Waals surface area (Å²) in [5.74, 6) is -1.10. The molecule has 1 aromatic heterocycles. The molecule has 9 nitrogen and oxygen atoms in total. The van der Waals surface area contributed by atoms with Gasteiger partial charge in [0.15, 0.2) is 6.61 Å². The number of rotatable bonds is 6. The molecule has 4 rings (SSSR count). The van der Waals surface area contributed by atoms with Gasteiger partial charge < -0.3 is 24.2 Å². The van der Waals surface area contributed by atoms with Gasteiger partial charge in [0.25, 0.3) is 5.91 Å². The Morgan fingerprint density at radius 2 is 1.81 bits per heavy atom. The van der Waals surface area contributed by atoms with Crippen molar-refractivity contribution in [3.8, 4) is 5.75 Å². The van der Waals surface area contributed by atoms with Crippen molar-refractivity contribution in [3.05, 3.63) is 69.8 Å². The van der Waals surface area contributed by atoms with E-state index in [9.17, 15) is 14.4 Å². The quantitative estimate of drug-likeness (QED) is 0.678. The Balaban J connectivity index is 1.38. The van der Waals surface area contributed by atoms with Gasteiger partial charge in [0.2, 0.25) is 5.17 Å². The molecular formula is C20H17N3O6S2. The minimum absolute atomic E-state index is 0.0748. The second-order valence-electron chi connectivity index (χ2n) is 6.28. The van der Waals surface area contributed by atoms with E-state index >= 15 is 0 Å². The normalized spacial score (nSPS) is 17.8. The van der Waals surface area contributed by atoms with Crippen LogP contribution in [0.15, 0.2) is 65.0 Å². The van der Waals surface area contributed by atoms with Crippen molar-refractivity contribution in [1.29, 1.82) is 0 Å². The molecule has 0 bridgehead atoms. The van der Waals surface area contributed by atoms with Crippen molar-refractivity contribution in [1.82, 2.24) is 5.32 Å². The number of amides is 1. The third kappa shape index (κ3) is 4.78. The molecule has 0 aliphatic carbocycles. The third-order valence-electron chi connectivity index (χ3n) is 4.04. The molecule has 0 unspecified atom stereocenters. The molecule has 3 N–H and O–H groups in total. The summed E-state index contributed by atoms with van der Waals surface area (Å²) < 4.78 is 15.9. The van der Waals surface area contributed by atoms with Crippen LogP contribution in [0.25, 0.3) is 5.70 Å². The van der Waals surface area contributed by atoms with Gasteiger partial charge >= 0.3 is 11.9 Å². The maximum Gasteiger partial charge on any atom is 0.354 e. The van der Waals surface area contributed by atoms with Gasteiger partial charge in [-0.2, -0.15) is 0 Å². The lowest BCUT2D eigenvalue weighted by Crippen LogP contribution is -2.28. The lowest BCUT2D eigenvalue weighted by Gasteiger charge is -2.32. The van der Waals surface area contributed by atoms with Crippen LogP contribution < -0.4 is 15.8 Å². The molecule has 3 heterocycles. The number of carbonyl (C=O) groups is 3. The second kappa shape index (κ2) is 8.66. The molecule has 31 heavy (non-hydrogen) atoms. The fourth-order valence-corrected chi connectivity index (χ4v) is 5.33. The number of benzene rings is 1.